The van der Waals surface area contributed by atoms with Crippen molar-refractivity contribution >= 4 is 24.8 Å². The molecule has 5 nitrogen and oxygen atoms in total. The molecule has 0 bridgehead atoms. The lowest BCUT2D eigenvalue weighted by atomic mass is 9.75. The van der Waals surface area contributed by atoms with E-state index in [0.29, 0.717) is 6.29 Å². The fourth-order valence-electron chi connectivity index (χ4n) is 1.32. The summed E-state index contributed by atoms with van der Waals surface area (Å²) < 4.78 is 0. The summed E-state index contributed by atoms with van der Waals surface area (Å²) in [6.45, 7) is 1.45. The second kappa shape index (κ2) is 4.25. The predicted octanol–water partition coefficient (Wildman–Crippen LogP) is -0.814. The molecule has 1 aromatic carbocycles. The zero-order chi connectivity index (χ0) is 11.6. The van der Waals surface area contributed by atoms with Crippen molar-refractivity contribution in [2.75, 3.05) is 0 Å². The van der Waals surface area contributed by atoms with Crippen LogP contribution in [-0.4, -0.2) is 34.5 Å². The summed E-state index contributed by atoms with van der Waals surface area (Å²) in [7, 11) is -1.79. The van der Waals surface area contributed by atoms with Crippen LogP contribution in [0, 0.1) is 6.92 Å². The highest BCUT2D eigenvalue weighted by Crippen LogP contribution is 2.08. The van der Waals surface area contributed by atoms with Crippen LogP contribution >= 0.6 is 0 Å². The normalized spacial score (nSPS) is 9.80. The van der Waals surface area contributed by atoms with Gasteiger partial charge < -0.3 is 15.2 Å². The molecule has 0 saturated heterocycles. The maximum absolute atomic E-state index is 10.8. The topological polar surface area (TPSA) is 94.8 Å². The van der Waals surface area contributed by atoms with Crippen LogP contribution < -0.4 is 5.46 Å². The molecule has 6 heteroatoms. The van der Waals surface area contributed by atoms with E-state index in [1.807, 2.05) is 0 Å². The van der Waals surface area contributed by atoms with Crippen molar-refractivity contribution in [3.8, 4) is 0 Å². The van der Waals surface area contributed by atoms with E-state index in [0.717, 1.165) is 0 Å². The lowest BCUT2D eigenvalue weighted by Gasteiger charge is -2.08. The maximum atomic E-state index is 10.8. The van der Waals surface area contributed by atoms with Gasteiger partial charge in [-0.1, -0.05) is 6.07 Å². The van der Waals surface area contributed by atoms with Crippen molar-refractivity contribution in [3.05, 3.63) is 28.8 Å². The summed E-state index contributed by atoms with van der Waals surface area (Å²) in [5, 5.41) is 26.8. The second-order valence-corrected chi connectivity index (χ2v) is 3.08. The minimum atomic E-state index is -1.79. The number of aromatic carboxylic acids is 1. The van der Waals surface area contributed by atoms with Gasteiger partial charge in [0.1, 0.15) is 6.29 Å². The Bertz CT molecular complexity index is 413. The molecule has 0 aromatic heterocycles. The van der Waals surface area contributed by atoms with E-state index in [-0.39, 0.29) is 22.2 Å². The molecule has 1 rings (SSSR count). The summed E-state index contributed by atoms with van der Waals surface area (Å²) in [5.41, 5.74) is 0.254. The lowest BCUT2D eigenvalue weighted by molar-refractivity contribution is 0.0696. The Morgan fingerprint density at radius 3 is 2.40 bits per heavy atom. The molecule has 3 N–H and O–H groups in total. The number of carbonyl (C=O) groups excluding carboxylic acids is 1. The first-order valence-corrected chi connectivity index (χ1v) is 4.16. The van der Waals surface area contributed by atoms with Crippen LogP contribution in [0.2, 0.25) is 0 Å². The smallest absolute Gasteiger partial charge is 0.478 e. The molecule has 0 aliphatic rings. The highest BCUT2D eigenvalue weighted by atomic mass is 16.4. The van der Waals surface area contributed by atoms with Crippen molar-refractivity contribution < 1.29 is 24.7 Å². The molecule has 0 unspecified atom stereocenters. The summed E-state index contributed by atoms with van der Waals surface area (Å²) in [5.74, 6) is -1.21. The first-order chi connectivity index (χ1) is 6.97. The van der Waals surface area contributed by atoms with Crippen LogP contribution in [-0.2, 0) is 0 Å². The molecule has 0 radical (unpaired) electrons. The van der Waals surface area contributed by atoms with E-state index in [1.54, 1.807) is 0 Å². The second-order valence-electron chi connectivity index (χ2n) is 3.08. The van der Waals surface area contributed by atoms with Gasteiger partial charge in [0.15, 0.2) is 0 Å². The number of carboxylic acids is 1. The maximum Gasteiger partial charge on any atom is 0.488 e. The van der Waals surface area contributed by atoms with E-state index in [1.165, 1.54) is 19.1 Å². The van der Waals surface area contributed by atoms with Gasteiger partial charge in [0.05, 0.1) is 5.56 Å². The van der Waals surface area contributed by atoms with Gasteiger partial charge in [-0.15, -0.1) is 0 Å². The monoisotopic (exact) mass is 208 g/mol. The Labute approximate surface area is 86.1 Å². The third-order valence-electron chi connectivity index (χ3n) is 2.11. The number of carbonyl (C=O) groups is 2. The summed E-state index contributed by atoms with van der Waals surface area (Å²) in [6, 6.07) is 2.44. The number of aldehydes is 1. The Kier molecular flexibility index (Phi) is 3.23. The number of rotatable bonds is 3. The number of carboxylic acid groups (broad SMARTS) is 1. The van der Waals surface area contributed by atoms with Crippen LogP contribution in [0.1, 0.15) is 26.3 Å². The fraction of sp³-hybridized carbons (Fsp3) is 0.111. The molecular formula is C9H9BO5. The van der Waals surface area contributed by atoms with E-state index in [9.17, 15) is 9.59 Å². The molecule has 1 aromatic rings. The van der Waals surface area contributed by atoms with Crippen LogP contribution in [0.4, 0.5) is 0 Å². The third-order valence-corrected chi connectivity index (χ3v) is 2.11. The quantitative estimate of drug-likeness (QED) is 0.445. The number of hydrogen-bond donors (Lipinski definition) is 3. The molecule has 0 amide bonds. The van der Waals surface area contributed by atoms with E-state index in [2.05, 4.69) is 0 Å². The van der Waals surface area contributed by atoms with Crippen LogP contribution in [0.3, 0.4) is 0 Å². The molecular weight excluding hydrogens is 199 g/mol. The summed E-state index contributed by atoms with van der Waals surface area (Å²) in [6.07, 6.45) is 0.456. The molecule has 0 heterocycles. The van der Waals surface area contributed by atoms with Gasteiger partial charge in [0, 0.05) is 5.56 Å². The van der Waals surface area contributed by atoms with Crippen molar-refractivity contribution in [2.24, 2.45) is 0 Å². The van der Waals surface area contributed by atoms with Gasteiger partial charge in [0.2, 0.25) is 0 Å². The number of benzene rings is 1. The Morgan fingerprint density at radius 1 is 1.40 bits per heavy atom. The zero-order valence-corrected chi connectivity index (χ0v) is 7.97. The van der Waals surface area contributed by atoms with Crippen molar-refractivity contribution in [3.63, 3.8) is 0 Å². The molecule has 0 aliphatic heterocycles. The predicted molar refractivity (Wildman–Crippen MR) is 53.4 cm³/mol. The molecule has 0 spiro atoms. The Balaban J connectivity index is 3.46. The fourth-order valence-corrected chi connectivity index (χ4v) is 1.32. The average molecular weight is 208 g/mol. The van der Waals surface area contributed by atoms with Crippen molar-refractivity contribution in [1.82, 2.24) is 0 Å². The molecule has 0 saturated carbocycles. The Hall–Kier alpha value is -1.66. The SMILES string of the molecule is Cc1c(B(O)O)cc(C=O)cc1C(=O)O. The zero-order valence-electron chi connectivity index (χ0n) is 7.97. The molecule has 0 fully saturated rings. The van der Waals surface area contributed by atoms with Gasteiger partial charge in [-0.05, 0) is 24.0 Å². The Morgan fingerprint density at radius 2 is 2.00 bits per heavy atom. The lowest BCUT2D eigenvalue weighted by Crippen LogP contribution is -2.34. The van der Waals surface area contributed by atoms with Crippen molar-refractivity contribution in [1.29, 1.82) is 0 Å². The number of hydrogen-bond acceptors (Lipinski definition) is 4. The van der Waals surface area contributed by atoms with Crippen LogP contribution in [0.15, 0.2) is 12.1 Å². The van der Waals surface area contributed by atoms with E-state index in [4.69, 9.17) is 15.2 Å². The van der Waals surface area contributed by atoms with Gasteiger partial charge in [-0.25, -0.2) is 4.79 Å². The molecule has 15 heavy (non-hydrogen) atoms. The summed E-state index contributed by atoms with van der Waals surface area (Å²) in [4.78, 5) is 21.3. The van der Waals surface area contributed by atoms with Gasteiger partial charge in [-0.3, -0.25) is 4.79 Å². The summed E-state index contributed by atoms with van der Waals surface area (Å²) >= 11 is 0. The standard InChI is InChI=1S/C9H9BO5/c1-5-7(9(12)13)2-6(4-11)3-8(5)10(14)15/h2-4,14-15H,1H3,(H,12,13). The first-order valence-electron chi connectivity index (χ1n) is 4.16. The van der Waals surface area contributed by atoms with Gasteiger partial charge >= 0.3 is 13.1 Å². The van der Waals surface area contributed by atoms with Gasteiger partial charge in [0.25, 0.3) is 0 Å². The minimum absolute atomic E-state index is 0.0250. The highest BCUT2D eigenvalue weighted by Gasteiger charge is 2.20. The minimum Gasteiger partial charge on any atom is -0.478 e. The average Bonchev–Trinajstić information content (AvgIpc) is 2.17. The van der Waals surface area contributed by atoms with Crippen molar-refractivity contribution in [2.45, 2.75) is 6.92 Å². The van der Waals surface area contributed by atoms with Crippen LogP contribution in [0.25, 0.3) is 0 Å². The van der Waals surface area contributed by atoms with Crippen LogP contribution in [0.5, 0.6) is 0 Å². The third kappa shape index (κ3) is 2.23. The van der Waals surface area contributed by atoms with E-state index < -0.39 is 13.1 Å². The first kappa shape index (κ1) is 11.4. The largest absolute Gasteiger partial charge is 0.488 e. The molecule has 0 aliphatic carbocycles. The van der Waals surface area contributed by atoms with E-state index >= 15 is 0 Å². The highest BCUT2D eigenvalue weighted by molar-refractivity contribution is 6.59. The molecule has 0 atom stereocenters. The molecule has 78 valence electrons. The van der Waals surface area contributed by atoms with Gasteiger partial charge in [-0.2, -0.15) is 0 Å².